The van der Waals surface area contributed by atoms with Crippen molar-refractivity contribution in [1.29, 1.82) is 0 Å². The third kappa shape index (κ3) is 3.74. The van der Waals surface area contributed by atoms with Crippen LogP contribution in [0.5, 0.6) is 11.5 Å². The van der Waals surface area contributed by atoms with Crippen LogP contribution in [0.3, 0.4) is 0 Å². The molecule has 0 bridgehead atoms. The fraction of sp³-hybridized carbons (Fsp3) is 0.263. The number of nitrogens with zero attached hydrogens (tertiary/aromatic N) is 2. The Hall–Kier alpha value is -3.02. The van der Waals surface area contributed by atoms with E-state index in [-0.39, 0.29) is 0 Å². The summed E-state index contributed by atoms with van der Waals surface area (Å²) >= 11 is 0. The topological polar surface area (TPSA) is 68.3 Å². The lowest BCUT2D eigenvalue weighted by atomic mass is 10.2. The summed E-state index contributed by atoms with van der Waals surface area (Å²) in [5, 5.41) is 7.47. The molecular weight excluding hydrogens is 316 g/mol. The highest BCUT2D eigenvalue weighted by molar-refractivity contribution is 5.92. The fourth-order valence-electron chi connectivity index (χ4n) is 2.61. The SMILES string of the molecule is CCNc1nc(NCc2ccccc2)nc2cc(OC)c(OC)cc12. The Labute approximate surface area is 147 Å². The molecule has 6 nitrogen and oxygen atoms in total. The molecular formula is C19H22N4O2. The molecule has 2 aromatic carbocycles. The zero-order chi connectivity index (χ0) is 17.6. The van der Waals surface area contributed by atoms with Crippen molar-refractivity contribution in [1.82, 2.24) is 9.97 Å². The Morgan fingerprint density at radius 1 is 0.920 bits per heavy atom. The molecule has 130 valence electrons. The Bertz CT molecular complexity index is 853. The lowest BCUT2D eigenvalue weighted by Gasteiger charge is -2.14. The lowest BCUT2D eigenvalue weighted by Crippen LogP contribution is -2.08. The Morgan fingerprint density at radius 2 is 1.64 bits per heavy atom. The van der Waals surface area contributed by atoms with Gasteiger partial charge in [-0.05, 0) is 18.6 Å². The van der Waals surface area contributed by atoms with Gasteiger partial charge in [-0.2, -0.15) is 4.98 Å². The molecule has 0 aliphatic heterocycles. The van der Waals surface area contributed by atoms with Crippen molar-refractivity contribution in [2.75, 3.05) is 31.4 Å². The number of hydrogen-bond donors (Lipinski definition) is 2. The van der Waals surface area contributed by atoms with Crippen LogP contribution in [0.2, 0.25) is 0 Å². The molecule has 0 radical (unpaired) electrons. The number of rotatable bonds is 7. The van der Waals surface area contributed by atoms with Crippen LogP contribution < -0.4 is 20.1 Å². The summed E-state index contributed by atoms with van der Waals surface area (Å²) in [6, 6.07) is 13.9. The van der Waals surface area contributed by atoms with Crippen LogP contribution in [0.4, 0.5) is 11.8 Å². The van der Waals surface area contributed by atoms with Crippen LogP contribution in [-0.2, 0) is 6.54 Å². The summed E-state index contributed by atoms with van der Waals surface area (Å²) in [5.74, 6) is 2.64. The largest absolute Gasteiger partial charge is 0.493 e. The van der Waals surface area contributed by atoms with Crippen molar-refractivity contribution < 1.29 is 9.47 Å². The molecule has 1 heterocycles. The average molecular weight is 338 g/mol. The zero-order valence-electron chi connectivity index (χ0n) is 14.7. The number of ether oxygens (including phenoxy) is 2. The van der Waals surface area contributed by atoms with Crippen LogP contribution in [0.25, 0.3) is 10.9 Å². The molecule has 0 amide bonds. The number of methoxy groups -OCH3 is 2. The maximum Gasteiger partial charge on any atom is 0.225 e. The van der Waals surface area contributed by atoms with Gasteiger partial charge in [0.05, 0.1) is 19.7 Å². The molecule has 6 heteroatoms. The number of hydrogen-bond acceptors (Lipinski definition) is 6. The van der Waals surface area contributed by atoms with Crippen molar-refractivity contribution >= 4 is 22.7 Å². The van der Waals surface area contributed by atoms with Gasteiger partial charge in [0.25, 0.3) is 0 Å². The summed E-state index contributed by atoms with van der Waals surface area (Å²) in [6.07, 6.45) is 0. The van der Waals surface area contributed by atoms with E-state index in [9.17, 15) is 0 Å². The van der Waals surface area contributed by atoms with Crippen LogP contribution in [-0.4, -0.2) is 30.7 Å². The smallest absolute Gasteiger partial charge is 0.225 e. The normalized spacial score (nSPS) is 10.5. The van der Waals surface area contributed by atoms with E-state index in [1.165, 1.54) is 5.56 Å². The van der Waals surface area contributed by atoms with Gasteiger partial charge < -0.3 is 20.1 Å². The highest BCUT2D eigenvalue weighted by atomic mass is 16.5. The first-order valence-electron chi connectivity index (χ1n) is 8.20. The first-order chi connectivity index (χ1) is 12.2. The Kier molecular flexibility index (Phi) is 5.18. The molecule has 0 saturated carbocycles. The zero-order valence-corrected chi connectivity index (χ0v) is 14.7. The van der Waals surface area contributed by atoms with Crippen LogP contribution >= 0.6 is 0 Å². The first-order valence-corrected chi connectivity index (χ1v) is 8.20. The number of fused-ring (bicyclic) bond motifs is 1. The van der Waals surface area contributed by atoms with Gasteiger partial charge in [0.15, 0.2) is 11.5 Å². The standard InChI is InChI=1S/C19H22N4O2/c1-4-20-18-14-10-16(24-2)17(25-3)11-15(14)22-19(23-18)21-12-13-8-6-5-7-9-13/h5-11H,4,12H2,1-3H3,(H2,20,21,22,23). The van der Waals surface area contributed by atoms with Gasteiger partial charge in [0.2, 0.25) is 5.95 Å². The van der Waals surface area contributed by atoms with Crippen LogP contribution in [0, 0.1) is 0 Å². The predicted molar refractivity (Wildman–Crippen MR) is 101 cm³/mol. The molecule has 1 aromatic heterocycles. The van der Waals surface area contributed by atoms with E-state index in [0.717, 1.165) is 23.3 Å². The van der Waals surface area contributed by atoms with E-state index in [0.29, 0.717) is 24.0 Å². The summed E-state index contributed by atoms with van der Waals surface area (Å²) in [7, 11) is 3.23. The Morgan fingerprint density at radius 3 is 2.32 bits per heavy atom. The van der Waals surface area contributed by atoms with E-state index in [4.69, 9.17) is 9.47 Å². The highest BCUT2D eigenvalue weighted by Gasteiger charge is 2.13. The molecule has 3 rings (SSSR count). The van der Waals surface area contributed by atoms with Gasteiger partial charge in [-0.1, -0.05) is 30.3 Å². The van der Waals surface area contributed by atoms with Crippen molar-refractivity contribution in [2.45, 2.75) is 13.5 Å². The maximum atomic E-state index is 5.39. The van der Waals surface area contributed by atoms with E-state index < -0.39 is 0 Å². The quantitative estimate of drug-likeness (QED) is 0.685. The minimum absolute atomic E-state index is 0.569. The van der Waals surface area contributed by atoms with E-state index in [1.54, 1.807) is 14.2 Å². The van der Waals surface area contributed by atoms with Crippen molar-refractivity contribution in [3.8, 4) is 11.5 Å². The molecule has 0 aliphatic rings. The predicted octanol–water partition coefficient (Wildman–Crippen LogP) is 3.69. The maximum absolute atomic E-state index is 5.39. The van der Waals surface area contributed by atoms with Gasteiger partial charge in [-0.3, -0.25) is 0 Å². The number of nitrogens with one attached hydrogen (secondary N) is 2. The lowest BCUT2D eigenvalue weighted by molar-refractivity contribution is 0.356. The molecule has 2 N–H and O–H groups in total. The molecule has 0 unspecified atom stereocenters. The Balaban J connectivity index is 1.98. The van der Waals surface area contributed by atoms with E-state index in [1.807, 2.05) is 37.3 Å². The highest BCUT2D eigenvalue weighted by Crippen LogP contribution is 2.34. The summed E-state index contributed by atoms with van der Waals surface area (Å²) in [4.78, 5) is 9.23. The number of benzene rings is 2. The fourth-order valence-corrected chi connectivity index (χ4v) is 2.61. The second-order valence-electron chi connectivity index (χ2n) is 5.49. The molecule has 3 aromatic rings. The molecule has 0 atom stereocenters. The molecule has 0 saturated heterocycles. The minimum atomic E-state index is 0.569. The van der Waals surface area contributed by atoms with Crippen molar-refractivity contribution in [2.24, 2.45) is 0 Å². The average Bonchev–Trinajstić information content (AvgIpc) is 2.66. The van der Waals surface area contributed by atoms with Gasteiger partial charge in [-0.25, -0.2) is 4.98 Å². The van der Waals surface area contributed by atoms with Crippen LogP contribution in [0.1, 0.15) is 12.5 Å². The minimum Gasteiger partial charge on any atom is -0.493 e. The van der Waals surface area contributed by atoms with Crippen molar-refractivity contribution in [3.63, 3.8) is 0 Å². The molecule has 25 heavy (non-hydrogen) atoms. The molecule has 0 aliphatic carbocycles. The van der Waals surface area contributed by atoms with Crippen LogP contribution in [0.15, 0.2) is 42.5 Å². The summed E-state index contributed by atoms with van der Waals surface area (Å²) < 4.78 is 10.8. The summed E-state index contributed by atoms with van der Waals surface area (Å²) in [5.41, 5.74) is 1.96. The number of anilines is 2. The molecule has 0 fully saturated rings. The molecule has 0 spiro atoms. The van der Waals surface area contributed by atoms with Gasteiger partial charge in [0.1, 0.15) is 5.82 Å². The van der Waals surface area contributed by atoms with E-state index in [2.05, 4.69) is 32.7 Å². The van der Waals surface area contributed by atoms with Gasteiger partial charge in [-0.15, -0.1) is 0 Å². The summed E-state index contributed by atoms with van der Waals surface area (Å²) in [6.45, 7) is 3.45. The monoisotopic (exact) mass is 338 g/mol. The van der Waals surface area contributed by atoms with Gasteiger partial charge in [0, 0.05) is 24.5 Å². The second kappa shape index (κ2) is 7.70. The third-order valence-electron chi connectivity index (χ3n) is 3.84. The van der Waals surface area contributed by atoms with Crippen molar-refractivity contribution in [3.05, 3.63) is 48.0 Å². The number of aromatic nitrogens is 2. The first kappa shape index (κ1) is 16.8. The second-order valence-corrected chi connectivity index (χ2v) is 5.49. The van der Waals surface area contributed by atoms with E-state index >= 15 is 0 Å². The third-order valence-corrected chi connectivity index (χ3v) is 3.84. The van der Waals surface area contributed by atoms with Gasteiger partial charge >= 0.3 is 0 Å².